The highest BCUT2D eigenvalue weighted by Gasteiger charge is 2.41. The minimum atomic E-state index is -0.229. The maximum Gasteiger partial charge on any atom is 0.245 e. The third-order valence-corrected chi connectivity index (χ3v) is 5.21. The van der Waals surface area contributed by atoms with Gasteiger partial charge in [-0.15, -0.1) is 0 Å². The predicted octanol–water partition coefficient (Wildman–Crippen LogP) is 1.94. The highest BCUT2D eigenvalue weighted by atomic mass is 16.2. The molecule has 0 spiro atoms. The van der Waals surface area contributed by atoms with Gasteiger partial charge >= 0.3 is 0 Å². The Morgan fingerprint density at radius 3 is 2.45 bits per heavy atom. The number of nitrogens with zero attached hydrogens (tertiary/aromatic N) is 1. The molecule has 0 bridgehead atoms. The van der Waals surface area contributed by atoms with Gasteiger partial charge in [0.1, 0.15) is 6.04 Å². The van der Waals surface area contributed by atoms with E-state index < -0.39 is 0 Å². The smallest absolute Gasteiger partial charge is 0.245 e. The van der Waals surface area contributed by atoms with Crippen molar-refractivity contribution in [3.63, 3.8) is 0 Å². The molecule has 0 aromatic heterocycles. The summed E-state index contributed by atoms with van der Waals surface area (Å²) < 4.78 is 0. The van der Waals surface area contributed by atoms with Crippen molar-refractivity contribution in [2.45, 2.75) is 57.9 Å². The molecule has 1 unspecified atom stereocenters. The molecule has 4 heteroatoms. The fourth-order valence-corrected chi connectivity index (χ4v) is 3.60. The molecule has 0 aromatic carbocycles. The van der Waals surface area contributed by atoms with Crippen LogP contribution in [0, 0.1) is 17.8 Å². The largest absolute Gasteiger partial charge is 0.344 e. The van der Waals surface area contributed by atoms with E-state index in [1.165, 1.54) is 25.7 Å². The van der Waals surface area contributed by atoms with Gasteiger partial charge in [0.2, 0.25) is 11.8 Å². The quantitative estimate of drug-likeness (QED) is 0.857. The van der Waals surface area contributed by atoms with Crippen LogP contribution >= 0.6 is 0 Å². The molecule has 1 aliphatic heterocycles. The van der Waals surface area contributed by atoms with Gasteiger partial charge in [-0.3, -0.25) is 9.59 Å². The van der Waals surface area contributed by atoms with E-state index in [0.717, 1.165) is 25.3 Å². The van der Waals surface area contributed by atoms with Crippen LogP contribution in [0.3, 0.4) is 0 Å². The van der Waals surface area contributed by atoms with E-state index >= 15 is 0 Å². The van der Waals surface area contributed by atoms with Gasteiger partial charge in [-0.2, -0.15) is 0 Å². The van der Waals surface area contributed by atoms with Crippen LogP contribution in [0.2, 0.25) is 0 Å². The second-order valence-electron chi connectivity index (χ2n) is 7.04. The van der Waals surface area contributed by atoms with E-state index in [9.17, 15) is 9.59 Å². The summed E-state index contributed by atoms with van der Waals surface area (Å²) in [5, 5.41) is 2.93. The van der Waals surface area contributed by atoms with E-state index in [0.29, 0.717) is 24.8 Å². The lowest BCUT2D eigenvalue weighted by Crippen LogP contribution is -2.47. The van der Waals surface area contributed by atoms with Crippen molar-refractivity contribution in [1.29, 1.82) is 0 Å². The van der Waals surface area contributed by atoms with E-state index in [2.05, 4.69) is 12.2 Å². The topological polar surface area (TPSA) is 49.4 Å². The molecule has 1 heterocycles. The number of hydrogen-bond acceptors (Lipinski definition) is 2. The van der Waals surface area contributed by atoms with Gasteiger partial charge in [0.05, 0.1) is 0 Å². The van der Waals surface area contributed by atoms with Crippen LogP contribution in [0.4, 0.5) is 0 Å². The SMILES string of the molecule is CC1CCC(CN2CCC(=O)NC(C3CC3)C2=O)CC1. The first kappa shape index (κ1) is 13.9. The Bertz CT molecular complexity index is 384. The molecule has 3 aliphatic rings. The van der Waals surface area contributed by atoms with Gasteiger partial charge in [0.25, 0.3) is 0 Å². The van der Waals surface area contributed by atoms with Crippen LogP contribution in [-0.4, -0.2) is 35.8 Å². The molecule has 0 radical (unpaired) electrons. The zero-order valence-corrected chi connectivity index (χ0v) is 12.4. The minimum Gasteiger partial charge on any atom is -0.344 e. The fraction of sp³-hybridized carbons (Fsp3) is 0.875. The van der Waals surface area contributed by atoms with Crippen LogP contribution in [-0.2, 0) is 9.59 Å². The standard InChI is InChI=1S/C16H26N2O2/c1-11-2-4-12(5-3-11)10-18-9-8-14(19)17-15(16(18)20)13-6-7-13/h11-13,15H,2-10H2,1H3,(H,17,19). The monoisotopic (exact) mass is 278 g/mol. The number of hydrogen-bond donors (Lipinski definition) is 1. The summed E-state index contributed by atoms with van der Waals surface area (Å²) in [6, 6.07) is -0.229. The summed E-state index contributed by atoms with van der Waals surface area (Å²) in [5.74, 6) is 2.11. The summed E-state index contributed by atoms with van der Waals surface area (Å²) in [7, 11) is 0. The molecule has 20 heavy (non-hydrogen) atoms. The molecule has 4 nitrogen and oxygen atoms in total. The van der Waals surface area contributed by atoms with Crippen molar-refractivity contribution < 1.29 is 9.59 Å². The Kier molecular flexibility index (Phi) is 3.99. The predicted molar refractivity (Wildman–Crippen MR) is 77.0 cm³/mol. The van der Waals surface area contributed by atoms with Gasteiger partial charge in [-0.05, 0) is 43.4 Å². The van der Waals surface area contributed by atoms with Crippen molar-refractivity contribution in [2.75, 3.05) is 13.1 Å². The van der Waals surface area contributed by atoms with Crippen LogP contribution in [0.1, 0.15) is 51.9 Å². The average Bonchev–Trinajstić information content (AvgIpc) is 3.26. The highest BCUT2D eigenvalue weighted by Crippen LogP contribution is 2.35. The molecule has 2 amide bonds. The normalized spacial score (nSPS) is 35.6. The molecule has 3 fully saturated rings. The van der Waals surface area contributed by atoms with Crippen molar-refractivity contribution in [3.05, 3.63) is 0 Å². The maximum atomic E-state index is 12.6. The number of nitrogens with one attached hydrogen (secondary N) is 1. The second-order valence-corrected chi connectivity index (χ2v) is 7.04. The lowest BCUT2D eigenvalue weighted by Gasteiger charge is -2.32. The molecule has 1 atom stereocenters. The molecule has 112 valence electrons. The third-order valence-electron chi connectivity index (χ3n) is 5.21. The van der Waals surface area contributed by atoms with Crippen LogP contribution in [0.5, 0.6) is 0 Å². The number of carbonyl (C=O) groups excluding carboxylic acids is 2. The van der Waals surface area contributed by atoms with Gasteiger partial charge < -0.3 is 10.2 Å². The average molecular weight is 278 g/mol. The number of carbonyl (C=O) groups is 2. The molecule has 2 aliphatic carbocycles. The Balaban J connectivity index is 1.61. The van der Waals surface area contributed by atoms with Crippen LogP contribution in [0.25, 0.3) is 0 Å². The molecular weight excluding hydrogens is 252 g/mol. The lowest BCUT2D eigenvalue weighted by molar-refractivity contribution is -0.134. The summed E-state index contributed by atoms with van der Waals surface area (Å²) in [4.78, 5) is 26.4. The van der Waals surface area contributed by atoms with Gasteiger partial charge in [-0.25, -0.2) is 0 Å². The summed E-state index contributed by atoms with van der Waals surface area (Å²) in [6.07, 6.45) is 7.70. The Morgan fingerprint density at radius 2 is 1.80 bits per heavy atom. The van der Waals surface area contributed by atoms with Crippen LogP contribution < -0.4 is 5.32 Å². The number of rotatable bonds is 3. The first-order chi connectivity index (χ1) is 9.63. The Morgan fingerprint density at radius 1 is 1.10 bits per heavy atom. The fourth-order valence-electron chi connectivity index (χ4n) is 3.60. The minimum absolute atomic E-state index is 0.0509. The van der Waals surface area contributed by atoms with Gasteiger partial charge in [-0.1, -0.05) is 19.8 Å². The van der Waals surface area contributed by atoms with Gasteiger partial charge in [0.15, 0.2) is 0 Å². The highest BCUT2D eigenvalue weighted by molar-refractivity contribution is 5.90. The van der Waals surface area contributed by atoms with E-state index in [4.69, 9.17) is 0 Å². The summed E-state index contributed by atoms with van der Waals surface area (Å²) in [5.41, 5.74) is 0. The van der Waals surface area contributed by atoms with E-state index in [-0.39, 0.29) is 17.9 Å². The van der Waals surface area contributed by atoms with Crippen molar-refractivity contribution in [3.8, 4) is 0 Å². The van der Waals surface area contributed by atoms with Gasteiger partial charge in [0, 0.05) is 19.5 Å². The molecular formula is C16H26N2O2. The maximum absolute atomic E-state index is 12.6. The third kappa shape index (κ3) is 3.15. The summed E-state index contributed by atoms with van der Waals surface area (Å²) >= 11 is 0. The Hall–Kier alpha value is -1.06. The molecule has 1 N–H and O–H groups in total. The van der Waals surface area contributed by atoms with E-state index in [1.54, 1.807) is 0 Å². The van der Waals surface area contributed by atoms with Crippen molar-refractivity contribution in [1.82, 2.24) is 10.2 Å². The van der Waals surface area contributed by atoms with Crippen molar-refractivity contribution >= 4 is 11.8 Å². The zero-order chi connectivity index (χ0) is 14.1. The van der Waals surface area contributed by atoms with Crippen molar-refractivity contribution in [2.24, 2.45) is 17.8 Å². The van der Waals surface area contributed by atoms with Crippen LogP contribution in [0.15, 0.2) is 0 Å². The Labute approximate surface area is 121 Å². The lowest BCUT2D eigenvalue weighted by atomic mass is 9.82. The molecule has 2 saturated carbocycles. The molecule has 1 saturated heterocycles. The summed E-state index contributed by atoms with van der Waals surface area (Å²) in [6.45, 7) is 3.79. The molecule has 3 rings (SSSR count). The number of amides is 2. The first-order valence-electron chi connectivity index (χ1n) is 8.21. The second kappa shape index (κ2) is 5.74. The first-order valence-corrected chi connectivity index (χ1v) is 8.21. The molecule has 0 aromatic rings. The van der Waals surface area contributed by atoms with E-state index in [1.807, 2.05) is 4.90 Å². The zero-order valence-electron chi connectivity index (χ0n) is 12.4.